The molecule has 3 N–H and O–H groups in total. The summed E-state index contributed by atoms with van der Waals surface area (Å²) in [5.41, 5.74) is 2.03. The van der Waals surface area contributed by atoms with Gasteiger partial charge in [-0.15, -0.1) is 11.3 Å². The van der Waals surface area contributed by atoms with E-state index in [1.807, 2.05) is 30.3 Å². The van der Waals surface area contributed by atoms with E-state index in [9.17, 15) is 4.79 Å². The third kappa shape index (κ3) is 4.13. The number of nitriles is 1. The molecule has 3 aromatic rings. The number of piperidine rings is 1. The van der Waals surface area contributed by atoms with Gasteiger partial charge in [-0.1, -0.05) is 6.92 Å². The first-order valence-corrected chi connectivity index (χ1v) is 11.0. The highest BCUT2D eigenvalue weighted by molar-refractivity contribution is 9.10. The number of benzene rings is 1. The van der Waals surface area contributed by atoms with Crippen LogP contribution in [-0.2, 0) is 0 Å². The van der Waals surface area contributed by atoms with Gasteiger partial charge in [0, 0.05) is 27.2 Å². The van der Waals surface area contributed by atoms with Crippen LogP contribution < -0.4 is 10.6 Å². The molecule has 0 atom stereocenters. The molecule has 4 rings (SSSR count). The van der Waals surface area contributed by atoms with Gasteiger partial charge < -0.3 is 10.6 Å². The van der Waals surface area contributed by atoms with Crippen LogP contribution in [0.5, 0.6) is 0 Å². The maximum atomic E-state index is 13.1. The summed E-state index contributed by atoms with van der Waals surface area (Å²) in [6, 6.07) is 13.4. The molecular weight excluding hydrogens is 450 g/mol. The average molecular weight is 470 g/mol. The maximum Gasteiger partial charge on any atom is 0.169 e. The third-order valence-corrected chi connectivity index (χ3v) is 6.96. The summed E-state index contributed by atoms with van der Waals surface area (Å²) in [7, 11) is 0. The molecule has 0 amide bonds. The predicted molar refractivity (Wildman–Crippen MR) is 119 cm³/mol. The lowest BCUT2D eigenvalue weighted by Crippen LogP contribution is -2.40. The Morgan fingerprint density at radius 2 is 2.07 bits per heavy atom. The average Bonchev–Trinajstić information content (AvgIpc) is 3.37. The molecule has 2 aromatic heterocycles. The number of H-pyrrole nitrogens is 1. The second-order valence-electron chi connectivity index (χ2n) is 7.40. The highest BCUT2D eigenvalue weighted by Gasteiger charge is 2.35. The predicted octanol–water partition coefficient (Wildman–Crippen LogP) is 5.09. The molecular formula is C21H20BrN5OS. The Labute approximate surface area is 181 Å². The lowest BCUT2D eigenvalue weighted by atomic mass is 9.75. The van der Waals surface area contributed by atoms with Crippen molar-refractivity contribution in [2.24, 2.45) is 5.41 Å². The van der Waals surface area contributed by atoms with Crippen molar-refractivity contribution in [3.63, 3.8) is 0 Å². The van der Waals surface area contributed by atoms with Crippen molar-refractivity contribution < 1.29 is 4.79 Å². The first-order chi connectivity index (χ1) is 14.0. The van der Waals surface area contributed by atoms with Crippen LogP contribution in [0.3, 0.4) is 0 Å². The van der Waals surface area contributed by atoms with Crippen LogP contribution in [0.25, 0.3) is 10.6 Å². The molecule has 8 heteroatoms. The maximum absolute atomic E-state index is 13.1. The van der Waals surface area contributed by atoms with Crippen LogP contribution in [0.15, 0.2) is 40.9 Å². The Morgan fingerprint density at radius 1 is 1.28 bits per heavy atom. The zero-order valence-corrected chi connectivity index (χ0v) is 18.3. The molecule has 0 bridgehead atoms. The number of carbonyl (C=O) groups excluding carboxylic acids is 1. The number of halogens is 1. The second kappa shape index (κ2) is 8.11. The van der Waals surface area contributed by atoms with Crippen LogP contribution in [0.4, 0.5) is 11.5 Å². The number of aromatic amines is 1. The third-order valence-electron chi connectivity index (χ3n) is 5.29. The Morgan fingerprint density at radius 3 is 2.76 bits per heavy atom. The summed E-state index contributed by atoms with van der Waals surface area (Å²) >= 11 is 4.98. The summed E-state index contributed by atoms with van der Waals surface area (Å²) in [6.07, 6.45) is 1.71. The minimum Gasteiger partial charge on any atom is -0.341 e. The van der Waals surface area contributed by atoms with E-state index in [4.69, 9.17) is 5.26 Å². The first-order valence-electron chi connectivity index (χ1n) is 9.36. The molecule has 1 aromatic carbocycles. The first kappa shape index (κ1) is 19.8. The van der Waals surface area contributed by atoms with Gasteiger partial charge in [0.2, 0.25) is 0 Å². The van der Waals surface area contributed by atoms with Crippen molar-refractivity contribution in [3.05, 3.63) is 51.3 Å². The summed E-state index contributed by atoms with van der Waals surface area (Å²) < 4.78 is 0.781. The molecule has 148 valence electrons. The van der Waals surface area contributed by atoms with Crippen molar-refractivity contribution in [3.8, 4) is 16.6 Å². The van der Waals surface area contributed by atoms with Gasteiger partial charge >= 0.3 is 0 Å². The number of hydrogen-bond acceptors (Lipinski definition) is 6. The fraction of sp³-hybridized carbons (Fsp3) is 0.286. The smallest absolute Gasteiger partial charge is 0.169 e. The summed E-state index contributed by atoms with van der Waals surface area (Å²) in [5.74, 6) is 0.926. The van der Waals surface area contributed by atoms with E-state index in [-0.39, 0.29) is 11.2 Å². The molecule has 3 heterocycles. The van der Waals surface area contributed by atoms with Crippen molar-refractivity contribution in [1.29, 1.82) is 5.26 Å². The van der Waals surface area contributed by atoms with Crippen molar-refractivity contribution >= 4 is 44.6 Å². The lowest BCUT2D eigenvalue weighted by molar-refractivity contribution is 0.0761. The standard InChI is InChI=1S/C21H20BrN5OS/c1-21(6-8-24-9-7-21)20(28)15-4-2-13(10-16(15)22)25-19-11-17(26-27-19)18-5-3-14(12-23)29-18/h2-5,10-11,24H,6-9H2,1H3,(H2,25,26,27). The van der Waals surface area contributed by atoms with Crippen molar-refractivity contribution in [1.82, 2.24) is 15.5 Å². The molecule has 1 aliphatic rings. The zero-order valence-electron chi connectivity index (χ0n) is 15.9. The van der Waals surface area contributed by atoms with E-state index in [1.165, 1.54) is 11.3 Å². The normalized spacial score (nSPS) is 15.6. The van der Waals surface area contributed by atoms with Crippen LogP contribution in [-0.4, -0.2) is 29.1 Å². The number of rotatable bonds is 5. The van der Waals surface area contributed by atoms with Gasteiger partial charge in [-0.25, -0.2) is 0 Å². The molecule has 0 saturated carbocycles. The van der Waals surface area contributed by atoms with Crippen molar-refractivity contribution in [2.45, 2.75) is 19.8 Å². The molecule has 0 radical (unpaired) electrons. The number of Topliss-reactive ketones (excluding diaryl/α,β-unsaturated/α-hetero) is 1. The molecule has 29 heavy (non-hydrogen) atoms. The monoisotopic (exact) mass is 469 g/mol. The van der Waals surface area contributed by atoms with E-state index in [0.29, 0.717) is 10.4 Å². The zero-order chi connectivity index (χ0) is 20.4. The number of nitrogens with zero attached hydrogens (tertiary/aromatic N) is 2. The van der Waals surface area contributed by atoms with Crippen LogP contribution >= 0.6 is 27.3 Å². The molecule has 0 aliphatic carbocycles. The number of carbonyl (C=O) groups is 1. The van der Waals surface area contributed by atoms with Crippen molar-refractivity contribution in [2.75, 3.05) is 18.4 Å². The Kier molecular flexibility index (Phi) is 5.54. The molecule has 6 nitrogen and oxygen atoms in total. The van der Waals surface area contributed by atoms with Crippen LogP contribution in [0.1, 0.15) is 35.0 Å². The Balaban J connectivity index is 1.50. The molecule has 0 spiro atoms. The number of hydrogen-bond donors (Lipinski definition) is 3. The van der Waals surface area contributed by atoms with Gasteiger partial charge in [0.15, 0.2) is 5.78 Å². The Hall–Kier alpha value is -2.47. The van der Waals surface area contributed by atoms with E-state index >= 15 is 0 Å². The van der Waals surface area contributed by atoms with Gasteiger partial charge in [-0.2, -0.15) is 10.4 Å². The second-order valence-corrected chi connectivity index (χ2v) is 9.34. The Bertz CT molecular complexity index is 1090. The van der Waals surface area contributed by atoms with Gasteiger partial charge in [0.25, 0.3) is 0 Å². The topological polar surface area (TPSA) is 93.6 Å². The molecule has 1 fully saturated rings. The van der Waals surface area contributed by atoms with Crippen LogP contribution in [0, 0.1) is 16.7 Å². The van der Waals surface area contributed by atoms with E-state index in [1.54, 1.807) is 6.07 Å². The molecule has 1 aliphatic heterocycles. The lowest BCUT2D eigenvalue weighted by Gasteiger charge is -2.32. The minimum absolute atomic E-state index is 0.187. The molecule has 0 unspecified atom stereocenters. The summed E-state index contributed by atoms with van der Waals surface area (Å²) in [4.78, 5) is 14.7. The summed E-state index contributed by atoms with van der Waals surface area (Å²) in [6.45, 7) is 3.81. The minimum atomic E-state index is -0.315. The van der Waals surface area contributed by atoms with E-state index in [0.717, 1.165) is 52.5 Å². The SMILES string of the molecule is CC1(C(=O)c2ccc(Nc3cc(-c4ccc(C#N)s4)n[nH]3)cc2Br)CCNCC1. The summed E-state index contributed by atoms with van der Waals surface area (Å²) in [5, 5.41) is 22.8. The number of aromatic nitrogens is 2. The number of thiophene rings is 1. The number of ketones is 1. The van der Waals surface area contributed by atoms with Gasteiger partial charge in [0.05, 0.1) is 4.88 Å². The van der Waals surface area contributed by atoms with Gasteiger partial charge in [-0.05, 0) is 72.2 Å². The fourth-order valence-corrected chi connectivity index (χ4v) is 4.83. The van der Waals surface area contributed by atoms with Gasteiger partial charge in [-0.3, -0.25) is 9.89 Å². The van der Waals surface area contributed by atoms with Crippen LogP contribution in [0.2, 0.25) is 0 Å². The van der Waals surface area contributed by atoms with E-state index < -0.39 is 0 Å². The van der Waals surface area contributed by atoms with E-state index in [2.05, 4.69) is 49.8 Å². The highest BCUT2D eigenvalue weighted by Crippen LogP contribution is 2.36. The quantitative estimate of drug-likeness (QED) is 0.452. The largest absolute Gasteiger partial charge is 0.341 e. The van der Waals surface area contributed by atoms with Gasteiger partial charge in [0.1, 0.15) is 22.5 Å². The fourth-order valence-electron chi connectivity index (χ4n) is 3.51. The number of anilines is 2. The molecule has 1 saturated heterocycles. The number of nitrogens with one attached hydrogen (secondary N) is 3. The highest BCUT2D eigenvalue weighted by atomic mass is 79.9.